The van der Waals surface area contributed by atoms with E-state index in [0.717, 1.165) is 19.5 Å². The van der Waals surface area contributed by atoms with Crippen LogP contribution < -0.4 is 0 Å². The van der Waals surface area contributed by atoms with Gasteiger partial charge in [-0.2, -0.15) is 0 Å². The number of methoxy groups -OCH3 is 1. The molecular weight excluding hydrogens is 226 g/mol. The summed E-state index contributed by atoms with van der Waals surface area (Å²) in [5, 5.41) is 0. The molecule has 0 aliphatic carbocycles. The monoisotopic (exact) mass is 249 g/mol. The fraction of sp³-hybridized carbons (Fsp3) is 0.533. The first-order valence-corrected chi connectivity index (χ1v) is 6.53. The second-order valence-electron chi connectivity index (χ2n) is 4.51. The minimum Gasteiger partial charge on any atom is -0.465 e. The van der Waals surface area contributed by atoms with E-state index in [-0.39, 0.29) is 5.97 Å². The third kappa shape index (κ3) is 3.84. The lowest BCUT2D eigenvalue weighted by Crippen LogP contribution is -2.31. The fourth-order valence-electron chi connectivity index (χ4n) is 1.94. The van der Waals surface area contributed by atoms with E-state index >= 15 is 0 Å². The standard InChI is InChI=1S/C15H23NO2/c1-5-12(3)16(6-2)11-13-7-9-14(10-8-13)15(17)18-4/h7-10,12H,5-6,11H2,1-4H3. The van der Waals surface area contributed by atoms with Crippen LogP contribution in [0.1, 0.15) is 43.1 Å². The molecule has 0 bridgehead atoms. The Morgan fingerprint density at radius 1 is 1.28 bits per heavy atom. The van der Waals surface area contributed by atoms with E-state index < -0.39 is 0 Å². The van der Waals surface area contributed by atoms with Gasteiger partial charge in [-0.25, -0.2) is 4.79 Å². The molecule has 0 amide bonds. The molecule has 1 atom stereocenters. The van der Waals surface area contributed by atoms with Gasteiger partial charge >= 0.3 is 5.97 Å². The molecule has 0 saturated carbocycles. The molecule has 1 aromatic carbocycles. The van der Waals surface area contributed by atoms with E-state index in [1.807, 2.05) is 24.3 Å². The summed E-state index contributed by atoms with van der Waals surface area (Å²) in [4.78, 5) is 13.7. The highest BCUT2D eigenvalue weighted by Gasteiger charge is 2.11. The summed E-state index contributed by atoms with van der Waals surface area (Å²) in [5.41, 5.74) is 1.83. The van der Waals surface area contributed by atoms with E-state index in [0.29, 0.717) is 11.6 Å². The van der Waals surface area contributed by atoms with Crippen molar-refractivity contribution in [3.8, 4) is 0 Å². The smallest absolute Gasteiger partial charge is 0.337 e. The van der Waals surface area contributed by atoms with Gasteiger partial charge in [0.15, 0.2) is 0 Å². The third-order valence-corrected chi connectivity index (χ3v) is 3.38. The average Bonchev–Trinajstić information content (AvgIpc) is 2.43. The molecule has 0 aliphatic rings. The SMILES string of the molecule is CCC(C)N(CC)Cc1ccc(C(=O)OC)cc1. The van der Waals surface area contributed by atoms with Crippen molar-refractivity contribution in [3.05, 3.63) is 35.4 Å². The molecule has 3 nitrogen and oxygen atoms in total. The maximum atomic E-state index is 11.3. The molecule has 0 heterocycles. The lowest BCUT2D eigenvalue weighted by atomic mass is 10.1. The molecule has 1 unspecified atom stereocenters. The van der Waals surface area contributed by atoms with Gasteiger partial charge in [-0.1, -0.05) is 26.0 Å². The molecule has 18 heavy (non-hydrogen) atoms. The van der Waals surface area contributed by atoms with Gasteiger partial charge in [0.2, 0.25) is 0 Å². The molecule has 1 aromatic rings. The normalized spacial score (nSPS) is 12.5. The molecule has 0 radical (unpaired) electrons. The Morgan fingerprint density at radius 2 is 1.89 bits per heavy atom. The van der Waals surface area contributed by atoms with Crippen molar-refractivity contribution in [2.45, 2.75) is 39.8 Å². The molecular formula is C15H23NO2. The predicted octanol–water partition coefficient (Wildman–Crippen LogP) is 3.09. The largest absolute Gasteiger partial charge is 0.465 e. The number of esters is 1. The number of rotatable bonds is 6. The Bertz CT molecular complexity index is 373. The van der Waals surface area contributed by atoms with Crippen molar-refractivity contribution >= 4 is 5.97 Å². The maximum Gasteiger partial charge on any atom is 0.337 e. The molecule has 3 heteroatoms. The van der Waals surface area contributed by atoms with Crippen LogP contribution in [0.15, 0.2) is 24.3 Å². The van der Waals surface area contributed by atoms with Crippen molar-refractivity contribution in [2.24, 2.45) is 0 Å². The number of carbonyl (C=O) groups is 1. The number of hydrogen-bond donors (Lipinski definition) is 0. The lowest BCUT2D eigenvalue weighted by Gasteiger charge is -2.26. The van der Waals surface area contributed by atoms with Crippen molar-refractivity contribution < 1.29 is 9.53 Å². The number of nitrogens with zero attached hydrogens (tertiary/aromatic N) is 1. The predicted molar refractivity (Wildman–Crippen MR) is 73.6 cm³/mol. The summed E-state index contributed by atoms with van der Waals surface area (Å²) in [5.74, 6) is -0.282. The Kier molecular flexibility index (Phi) is 5.86. The van der Waals surface area contributed by atoms with Crippen LogP contribution in [0.5, 0.6) is 0 Å². The first-order valence-electron chi connectivity index (χ1n) is 6.53. The summed E-state index contributed by atoms with van der Waals surface area (Å²) in [7, 11) is 1.40. The summed E-state index contributed by atoms with van der Waals surface area (Å²) in [6.07, 6.45) is 1.15. The molecule has 100 valence electrons. The third-order valence-electron chi connectivity index (χ3n) is 3.38. The second kappa shape index (κ2) is 7.17. The number of benzene rings is 1. The van der Waals surface area contributed by atoms with Crippen molar-refractivity contribution in [2.75, 3.05) is 13.7 Å². The van der Waals surface area contributed by atoms with Crippen LogP contribution in [0.25, 0.3) is 0 Å². The van der Waals surface area contributed by atoms with Crippen LogP contribution in [-0.4, -0.2) is 30.6 Å². The molecule has 0 aromatic heterocycles. The summed E-state index contributed by atoms with van der Waals surface area (Å²) in [6, 6.07) is 8.22. The van der Waals surface area contributed by atoms with Crippen LogP contribution >= 0.6 is 0 Å². The van der Waals surface area contributed by atoms with Crippen LogP contribution in [0, 0.1) is 0 Å². The van der Waals surface area contributed by atoms with Crippen LogP contribution in [-0.2, 0) is 11.3 Å². The van der Waals surface area contributed by atoms with Crippen molar-refractivity contribution in [3.63, 3.8) is 0 Å². The highest BCUT2D eigenvalue weighted by molar-refractivity contribution is 5.89. The zero-order valence-electron chi connectivity index (χ0n) is 11.8. The Hall–Kier alpha value is -1.35. The molecule has 1 rings (SSSR count). The molecule has 0 aliphatic heterocycles. The quantitative estimate of drug-likeness (QED) is 0.726. The first kappa shape index (κ1) is 14.7. The van der Waals surface area contributed by atoms with Crippen molar-refractivity contribution in [1.82, 2.24) is 4.90 Å². The minimum absolute atomic E-state index is 0.282. The first-order chi connectivity index (χ1) is 8.62. The molecule has 0 saturated heterocycles. The van der Waals surface area contributed by atoms with Crippen LogP contribution in [0.2, 0.25) is 0 Å². The van der Waals surface area contributed by atoms with Gasteiger partial charge in [-0.05, 0) is 37.6 Å². The Labute approximate surface area is 110 Å². The summed E-state index contributed by atoms with van der Waals surface area (Å²) < 4.78 is 4.68. The average molecular weight is 249 g/mol. The maximum absolute atomic E-state index is 11.3. The highest BCUT2D eigenvalue weighted by Crippen LogP contribution is 2.12. The van der Waals surface area contributed by atoms with Gasteiger partial charge < -0.3 is 4.74 Å². The van der Waals surface area contributed by atoms with E-state index in [1.165, 1.54) is 12.7 Å². The molecule has 0 N–H and O–H groups in total. The van der Waals surface area contributed by atoms with E-state index in [9.17, 15) is 4.79 Å². The van der Waals surface area contributed by atoms with Gasteiger partial charge in [0.05, 0.1) is 12.7 Å². The summed E-state index contributed by atoms with van der Waals surface area (Å²) in [6.45, 7) is 8.58. The summed E-state index contributed by atoms with van der Waals surface area (Å²) >= 11 is 0. The fourth-order valence-corrected chi connectivity index (χ4v) is 1.94. The van der Waals surface area contributed by atoms with E-state index in [4.69, 9.17) is 0 Å². The number of carbonyl (C=O) groups excluding carboxylic acids is 1. The van der Waals surface area contributed by atoms with Gasteiger partial charge in [0.25, 0.3) is 0 Å². The number of hydrogen-bond acceptors (Lipinski definition) is 3. The van der Waals surface area contributed by atoms with Gasteiger partial charge in [-0.3, -0.25) is 4.90 Å². The highest BCUT2D eigenvalue weighted by atomic mass is 16.5. The zero-order chi connectivity index (χ0) is 13.5. The Balaban J connectivity index is 2.70. The van der Waals surface area contributed by atoms with E-state index in [2.05, 4.69) is 30.4 Å². The van der Waals surface area contributed by atoms with Crippen molar-refractivity contribution in [1.29, 1.82) is 0 Å². The van der Waals surface area contributed by atoms with Gasteiger partial charge in [0, 0.05) is 12.6 Å². The molecule has 0 fully saturated rings. The number of ether oxygens (including phenoxy) is 1. The topological polar surface area (TPSA) is 29.5 Å². The second-order valence-corrected chi connectivity index (χ2v) is 4.51. The van der Waals surface area contributed by atoms with E-state index in [1.54, 1.807) is 0 Å². The van der Waals surface area contributed by atoms with Crippen LogP contribution in [0.4, 0.5) is 0 Å². The molecule has 0 spiro atoms. The zero-order valence-corrected chi connectivity index (χ0v) is 11.8. The Morgan fingerprint density at radius 3 is 2.33 bits per heavy atom. The lowest BCUT2D eigenvalue weighted by molar-refractivity contribution is 0.0600. The minimum atomic E-state index is -0.282. The van der Waals surface area contributed by atoms with Crippen LogP contribution in [0.3, 0.4) is 0 Å². The van der Waals surface area contributed by atoms with Gasteiger partial charge in [-0.15, -0.1) is 0 Å². The van der Waals surface area contributed by atoms with Gasteiger partial charge in [0.1, 0.15) is 0 Å².